The number of benzene rings is 1. The van der Waals surface area contributed by atoms with Gasteiger partial charge in [0.25, 0.3) is 0 Å². The lowest BCUT2D eigenvalue weighted by molar-refractivity contribution is 0.111. The summed E-state index contributed by atoms with van der Waals surface area (Å²) in [6.07, 6.45) is 0.611. The number of nitrogens with zero attached hydrogens (tertiary/aromatic N) is 2. The van der Waals surface area contributed by atoms with E-state index in [2.05, 4.69) is 4.98 Å². The zero-order valence-electron chi connectivity index (χ0n) is 9.37. The van der Waals surface area contributed by atoms with Crippen LogP contribution in [0.15, 0.2) is 18.2 Å². The highest BCUT2D eigenvalue weighted by atomic mass is 19.1. The minimum atomic E-state index is -0.689. The van der Waals surface area contributed by atoms with Crippen LogP contribution in [0.4, 0.5) is 8.78 Å². The lowest BCUT2D eigenvalue weighted by Gasteiger charge is -2.08. The smallest absolute Gasteiger partial charge is 0.170 e. The van der Waals surface area contributed by atoms with Crippen LogP contribution in [0.25, 0.3) is 5.69 Å². The molecule has 3 nitrogen and oxygen atoms in total. The fraction of sp³-hybridized carbons (Fsp3) is 0.167. The third-order valence-corrected chi connectivity index (χ3v) is 2.57. The van der Waals surface area contributed by atoms with Crippen LogP contribution in [0.1, 0.15) is 22.0 Å². The molecule has 1 aromatic heterocycles. The standard InChI is InChI=1S/C12H10F2N2O/c1-7-11(6-17)15-8(2)16(7)12-4-3-9(13)5-10(12)14/h3-6H,1-2H3. The first-order chi connectivity index (χ1) is 8.04. The fourth-order valence-corrected chi connectivity index (χ4v) is 1.79. The molecule has 2 rings (SSSR count). The molecule has 0 atom stereocenters. The molecule has 5 heteroatoms. The van der Waals surface area contributed by atoms with E-state index >= 15 is 0 Å². The SMILES string of the molecule is Cc1nc(C=O)c(C)n1-c1ccc(F)cc1F. The second-order valence-electron chi connectivity index (χ2n) is 3.68. The molecular formula is C12H10F2N2O. The Labute approximate surface area is 96.7 Å². The molecule has 0 saturated heterocycles. The average Bonchev–Trinajstić information content (AvgIpc) is 2.55. The Balaban J connectivity index is 2.68. The molecular weight excluding hydrogens is 226 g/mol. The minimum absolute atomic E-state index is 0.182. The number of carbonyl (C=O) groups is 1. The number of rotatable bonds is 2. The van der Waals surface area contributed by atoms with Gasteiger partial charge in [-0.1, -0.05) is 0 Å². The Bertz CT molecular complexity index is 590. The normalized spacial score (nSPS) is 10.6. The quantitative estimate of drug-likeness (QED) is 0.751. The second-order valence-corrected chi connectivity index (χ2v) is 3.68. The molecule has 0 aliphatic rings. The first kappa shape index (κ1) is 11.4. The van der Waals surface area contributed by atoms with Crippen LogP contribution in [0.5, 0.6) is 0 Å². The summed E-state index contributed by atoms with van der Waals surface area (Å²) in [7, 11) is 0. The molecule has 2 aromatic rings. The lowest BCUT2D eigenvalue weighted by atomic mass is 10.2. The Kier molecular flexibility index (Phi) is 2.75. The van der Waals surface area contributed by atoms with Gasteiger partial charge in [0.1, 0.15) is 23.2 Å². The first-order valence-electron chi connectivity index (χ1n) is 5.01. The zero-order chi connectivity index (χ0) is 12.6. The van der Waals surface area contributed by atoms with Crippen LogP contribution in [-0.4, -0.2) is 15.8 Å². The van der Waals surface area contributed by atoms with Gasteiger partial charge in [0, 0.05) is 6.07 Å². The average molecular weight is 236 g/mol. The van der Waals surface area contributed by atoms with Crippen molar-refractivity contribution in [2.45, 2.75) is 13.8 Å². The van der Waals surface area contributed by atoms with Crippen molar-refractivity contribution in [3.8, 4) is 5.69 Å². The summed E-state index contributed by atoms with van der Waals surface area (Å²) in [5, 5.41) is 0. The Morgan fingerprint density at radius 1 is 1.29 bits per heavy atom. The van der Waals surface area contributed by atoms with E-state index in [1.807, 2.05) is 0 Å². The Morgan fingerprint density at radius 2 is 2.00 bits per heavy atom. The largest absolute Gasteiger partial charge is 0.298 e. The molecule has 0 saturated carbocycles. The molecule has 1 aromatic carbocycles. The summed E-state index contributed by atoms with van der Waals surface area (Å²) < 4.78 is 27.9. The molecule has 0 N–H and O–H groups in total. The monoisotopic (exact) mass is 236 g/mol. The maximum Gasteiger partial charge on any atom is 0.170 e. The summed E-state index contributed by atoms with van der Waals surface area (Å²) in [4.78, 5) is 14.7. The number of aryl methyl sites for hydroxylation is 1. The molecule has 0 unspecified atom stereocenters. The van der Waals surface area contributed by atoms with Crippen LogP contribution in [0.3, 0.4) is 0 Å². The number of imidazole rings is 1. The predicted molar refractivity (Wildman–Crippen MR) is 58.3 cm³/mol. The van der Waals surface area contributed by atoms with Gasteiger partial charge in [-0.2, -0.15) is 0 Å². The topological polar surface area (TPSA) is 34.9 Å². The summed E-state index contributed by atoms with van der Waals surface area (Å²) >= 11 is 0. The first-order valence-corrected chi connectivity index (χ1v) is 5.01. The molecule has 0 aliphatic heterocycles. The third kappa shape index (κ3) is 1.84. The summed E-state index contributed by atoms with van der Waals surface area (Å²) in [6.45, 7) is 3.31. The minimum Gasteiger partial charge on any atom is -0.298 e. The van der Waals surface area contributed by atoms with E-state index in [-0.39, 0.29) is 11.4 Å². The number of aromatic nitrogens is 2. The highest BCUT2D eigenvalue weighted by molar-refractivity contribution is 5.74. The van der Waals surface area contributed by atoms with E-state index in [9.17, 15) is 13.6 Å². The third-order valence-electron chi connectivity index (χ3n) is 2.57. The molecule has 0 spiro atoms. The van der Waals surface area contributed by atoms with Crippen LogP contribution in [0.2, 0.25) is 0 Å². The predicted octanol–water partition coefficient (Wildman–Crippen LogP) is 2.58. The van der Waals surface area contributed by atoms with E-state index in [0.717, 1.165) is 12.1 Å². The van der Waals surface area contributed by atoms with Gasteiger partial charge >= 0.3 is 0 Å². The summed E-state index contributed by atoms with van der Waals surface area (Å²) in [5.74, 6) is -0.849. The van der Waals surface area contributed by atoms with Gasteiger partial charge in [-0.05, 0) is 26.0 Å². The molecule has 0 fully saturated rings. The number of halogens is 2. The van der Waals surface area contributed by atoms with Gasteiger partial charge < -0.3 is 0 Å². The lowest BCUT2D eigenvalue weighted by Crippen LogP contribution is -2.03. The van der Waals surface area contributed by atoms with Gasteiger partial charge in [-0.25, -0.2) is 13.8 Å². The van der Waals surface area contributed by atoms with Gasteiger partial charge in [-0.15, -0.1) is 0 Å². The fourth-order valence-electron chi connectivity index (χ4n) is 1.79. The van der Waals surface area contributed by atoms with Crippen LogP contribution in [0, 0.1) is 25.5 Å². The van der Waals surface area contributed by atoms with Crippen molar-refractivity contribution < 1.29 is 13.6 Å². The maximum absolute atomic E-state index is 13.6. The van der Waals surface area contributed by atoms with Crippen molar-refractivity contribution >= 4 is 6.29 Å². The van der Waals surface area contributed by atoms with E-state index in [1.54, 1.807) is 13.8 Å². The molecule has 0 aliphatic carbocycles. The number of hydrogen-bond donors (Lipinski definition) is 0. The molecule has 88 valence electrons. The van der Waals surface area contributed by atoms with Crippen molar-refractivity contribution in [2.75, 3.05) is 0 Å². The van der Waals surface area contributed by atoms with E-state index in [4.69, 9.17) is 0 Å². The van der Waals surface area contributed by atoms with Crippen molar-refractivity contribution in [1.82, 2.24) is 9.55 Å². The van der Waals surface area contributed by atoms with E-state index in [1.165, 1.54) is 10.6 Å². The highest BCUT2D eigenvalue weighted by Gasteiger charge is 2.14. The number of carbonyl (C=O) groups excluding carboxylic acids is 1. The zero-order valence-corrected chi connectivity index (χ0v) is 9.37. The van der Waals surface area contributed by atoms with Gasteiger partial charge in [0.2, 0.25) is 0 Å². The molecule has 0 amide bonds. The maximum atomic E-state index is 13.6. The van der Waals surface area contributed by atoms with Crippen LogP contribution >= 0.6 is 0 Å². The highest BCUT2D eigenvalue weighted by Crippen LogP contribution is 2.20. The second kappa shape index (κ2) is 4.08. The number of hydrogen-bond acceptors (Lipinski definition) is 2. The molecule has 0 radical (unpaired) electrons. The van der Waals surface area contributed by atoms with E-state index in [0.29, 0.717) is 17.8 Å². The van der Waals surface area contributed by atoms with Crippen molar-refractivity contribution in [2.24, 2.45) is 0 Å². The van der Waals surface area contributed by atoms with Gasteiger partial charge in [-0.3, -0.25) is 9.36 Å². The molecule has 17 heavy (non-hydrogen) atoms. The Hall–Kier alpha value is -2.04. The molecule has 1 heterocycles. The Morgan fingerprint density at radius 3 is 2.53 bits per heavy atom. The van der Waals surface area contributed by atoms with E-state index < -0.39 is 11.6 Å². The van der Waals surface area contributed by atoms with Crippen LogP contribution < -0.4 is 0 Å². The van der Waals surface area contributed by atoms with Crippen molar-refractivity contribution in [3.63, 3.8) is 0 Å². The van der Waals surface area contributed by atoms with Gasteiger partial charge in [0.15, 0.2) is 6.29 Å². The van der Waals surface area contributed by atoms with Crippen molar-refractivity contribution in [1.29, 1.82) is 0 Å². The van der Waals surface area contributed by atoms with Crippen molar-refractivity contribution in [3.05, 3.63) is 47.0 Å². The van der Waals surface area contributed by atoms with Gasteiger partial charge in [0.05, 0.1) is 11.4 Å². The molecule has 0 bridgehead atoms. The summed E-state index contributed by atoms with van der Waals surface area (Å²) in [5.41, 5.74) is 0.969. The summed E-state index contributed by atoms with van der Waals surface area (Å²) in [6, 6.07) is 3.29. The number of aldehydes is 1. The van der Waals surface area contributed by atoms with Crippen LogP contribution in [-0.2, 0) is 0 Å².